The van der Waals surface area contributed by atoms with Crippen LogP contribution in [0, 0.1) is 5.92 Å². The van der Waals surface area contributed by atoms with Crippen LogP contribution < -0.4 is 4.90 Å². The summed E-state index contributed by atoms with van der Waals surface area (Å²) >= 11 is 7.63. The van der Waals surface area contributed by atoms with Crippen LogP contribution in [0.25, 0.3) is 11.3 Å². The molecular weight excluding hydrogens is 420 g/mol. The van der Waals surface area contributed by atoms with Gasteiger partial charge >= 0.3 is 5.97 Å². The maximum Gasteiger partial charge on any atom is 0.304 e. The van der Waals surface area contributed by atoms with Crippen molar-refractivity contribution < 1.29 is 14.7 Å². The predicted molar refractivity (Wildman–Crippen MR) is 119 cm³/mol. The summed E-state index contributed by atoms with van der Waals surface area (Å²) in [6, 6.07) is 16.9. The second-order valence-corrected chi connectivity index (χ2v) is 8.26. The van der Waals surface area contributed by atoms with Gasteiger partial charge in [-0.25, -0.2) is 4.98 Å². The minimum atomic E-state index is -1.000. The lowest BCUT2D eigenvalue weighted by Gasteiger charge is -2.25. The van der Waals surface area contributed by atoms with Gasteiger partial charge in [0, 0.05) is 28.4 Å². The molecule has 1 aliphatic heterocycles. The average Bonchev–Trinajstić information content (AvgIpc) is 3.16. The first-order valence-corrected chi connectivity index (χ1v) is 10.8. The highest BCUT2D eigenvalue weighted by Gasteiger charge is 2.36. The SMILES string of the molecule is O=C(O)C[C@H]1C(=O)N(c2nc(-c3ccccc3Cl)cs2)CC=C[C@H]1c1ccccc1. The summed E-state index contributed by atoms with van der Waals surface area (Å²) in [5.41, 5.74) is 2.41. The van der Waals surface area contributed by atoms with Gasteiger partial charge in [-0.05, 0) is 11.6 Å². The van der Waals surface area contributed by atoms with E-state index in [9.17, 15) is 14.7 Å². The number of halogens is 1. The first-order chi connectivity index (χ1) is 14.5. The summed E-state index contributed by atoms with van der Waals surface area (Å²) in [7, 11) is 0. The molecule has 3 aromatic rings. The quantitative estimate of drug-likeness (QED) is 0.553. The lowest BCUT2D eigenvalue weighted by atomic mass is 9.83. The Morgan fingerprint density at radius 1 is 1.17 bits per heavy atom. The normalized spacial score (nSPS) is 19.0. The molecule has 0 bridgehead atoms. The molecule has 5 nitrogen and oxygen atoms in total. The number of rotatable bonds is 5. The third-order valence-corrected chi connectivity index (χ3v) is 6.29. The van der Waals surface area contributed by atoms with E-state index in [2.05, 4.69) is 4.98 Å². The molecule has 0 aliphatic carbocycles. The monoisotopic (exact) mass is 438 g/mol. The fraction of sp³-hybridized carbons (Fsp3) is 0.174. The second-order valence-electron chi connectivity index (χ2n) is 7.01. The Kier molecular flexibility index (Phi) is 5.97. The second kappa shape index (κ2) is 8.81. The van der Waals surface area contributed by atoms with Crippen molar-refractivity contribution in [3.05, 3.63) is 82.7 Å². The number of thiazole rings is 1. The number of allylic oxidation sites excluding steroid dienone is 1. The van der Waals surface area contributed by atoms with Crippen LogP contribution in [0.2, 0.25) is 5.02 Å². The van der Waals surface area contributed by atoms with Crippen molar-refractivity contribution in [3.8, 4) is 11.3 Å². The van der Waals surface area contributed by atoms with E-state index in [4.69, 9.17) is 11.6 Å². The summed E-state index contributed by atoms with van der Waals surface area (Å²) in [6.07, 6.45) is 3.60. The Morgan fingerprint density at radius 2 is 1.90 bits per heavy atom. The molecule has 0 saturated heterocycles. The number of hydrogen-bond donors (Lipinski definition) is 1. The number of amides is 1. The van der Waals surface area contributed by atoms with E-state index < -0.39 is 11.9 Å². The smallest absolute Gasteiger partial charge is 0.304 e. The number of benzene rings is 2. The predicted octanol–water partition coefficient (Wildman–Crippen LogP) is 5.24. The summed E-state index contributed by atoms with van der Waals surface area (Å²) in [5, 5.41) is 12.4. The van der Waals surface area contributed by atoms with E-state index in [-0.39, 0.29) is 18.2 Å². The molecule has 7 heteroatoms. The number of carbonyl (C=O) groups excluding carboxylic acids is 1. The molecule has 1 N–H and O–H groups in total. The largest absolute Gasteiger partial charge is 0.481 e. The summed E-state index contributed by atoms with van der Waals surface area (Å²) in [5.74, 6) is -2.25. The van der Waals surface area contributed by atoms with E-state index in [0.29, 0.717) is 22.4 Å². The van der Waals surface area contributed by atoms with Crippen LogP contribution in [0.1, 0.15) is 17.9 Å². The molecular formula is C23H19ClN2O3S. The Morgan fingerprint density at radius 3 is 2.63 bits per heavy atom. The van der Waals surface area contributed by atoms with Gasteiger partial charge in [0.2, 0.25) is 5.91 Å². The van der Waals surface area contributed by atoms with Crippen LogP contribution in [-0.4, -0.2) is 28.5 Å². The van der Waals surface area contributed by atoms with Crippen LogP contribution in [-0.2, 0) is 9.59 Å². The van der Waals surface area contributed by atoms with Gasteiger partial charge in [-0.3, -0.25) is 14.5 Å². The molecule has 2 atom stereocenters. The molecule has 152 valence electrons. The topological polar surface area (TPSA) is 70.5 Å². The van der Waals surface area contributed by atoms with Crippen LogP contribution in [0.5, 0.6) is 0 Å². The molecule has 30 heavy (non-hydrogen) atoms. The van der Waals surface area contributed by atoms with Crippen LogP contribution in [0.4, 0.5) is 5.13 Å². The van der Waals surface area contributed by atoms with E-state index in [1.807, 2.05) is 66.1 Å². The maximum atomic E-state index is 13.4. The highest BCUT2D eigenvalue weighted by atomic mass is 35.5. The molecule has 0 unspecified atom stereocenters. The lowest BCUT2D eigenvalue weighted by molar-refractivity contribution is -0.140. The van der Waals surface area contributed by atoms with E-state index >= 15 is 0 Å². The molecule has 4 rings (SSSR count). The number of carbonyl (C=O) groups is 2. The zero-order valence-electron chi connectivity index (χ0n) is 15.9. The van der Waals surface area contributed by atoms with E-state index in [1.165, 1.54) is 11.3 Å². The van der Waals surface area contributed by atoms with Crippen molar-refractivity contribution in [1.29, 1.82) is 0 Å². The third-order valence-electron chi connectivity index (χ3n) is 5.10. The Hall–Kier alpha value is -2.96. The van der Waals surface area contributed by atoms with Gasteiger partial charge in [-0.2, -0.15) is 0 Å². The minimum absolute atomic E-state index is 0.240. The summed E-state index contributed by atoms with van der Waals surface area (Å²) < 4.78 is 0. The molecule has 0 saturated carbocycles. The number of hydrogen-bond acceptors (Lipinski definition) is 4. The number of aliphatic carboxylic acids is 1. The number of nitrogens with zero attached hydrogens (tertiary/aromatic N) is 2. The van der Waals surface area contributed by atoms with Gasteiger partial charge in [0.25, 0.3) is 0 Å². The fourth-order valence-corrected chi connectivity index (χ4v) is 4.74. The van der Waals surface area contributed by atoms with Crippen LogP contribution in [0.3, 0.4) is 0 Å². The maximum absolute atomic E-state index is 13.4. The van der Waals surface area contributed by atoms with Crippen LogP contribution >= 0.6 is 22.9 Å². The van der Waals surface area contributed by atoms with Gasteiger partial charge < -0.3 is 5.11 Å². The van der Waals surface area contributed by atoms with Gasteiger partial charge in [0.1, 0.15) is 0 Å². The molecule has 1 aromatic heterocycles. The van der Waals surface area contributed by atoms with E-state index in [0.717, 1.165) is 11.1 Å². The summed E-state index contributed by atoms with van der Waals surface area (Å²) in [6.45, 7) is 0.341. The number of carboxylic acids is 1. The Labute approximate surface area is 183 Å². The molecule has 2 heterocycles. The molecule has 0 radical (unpaired) electrons. The van der Waals surface area contributed by atoms with Gasteiger partial charge in [0.15, 0.2) is 5.13 Å². The highest BCUT2D eigenvalue weighted by molar-refractivity contribution is 7.14. The molecule has 1 amide bonds. The molecule has 0 fully saturated rings. The minimum Gasteiger partial charge on any atom is -0.481 e. The van der Waals surface area contributed by atoms with Crippen molar-refractivity contribution in [3.63, 3.8) is 0 Å². The fourth-order valence-electron chi connectivity index (χ4n) is 3.67. The first-order valence-electron chi connectivity index (χ1n) is 9.50. The van der Waals surface area contributed by atoms with Gasteiger partial charge in [-0.15, -0.1) is 11.3 Å². The summed E-state index contributed by atoms with van der Waals surface area (Å²) in [4.78, 5) is 31.2. The highest BCUT2D eigenvalue weighted by Crippen LogP contribution is 2.36. The Balaban J connectivity index is 1.67. The van der Waals surface area contributed by atoms with Crippen molar-refractivity contribution >= 4 is 39.9 Å². The van der Waals surface area contributed by atoms with Gasteiger partial charge in [-0.1, -0.05) is 72.3 Å². The number of anilines is 1. The standard InChI is InChI=1S/C23H19ClN2O3S/c24-19-11-5-4-9-17(19)20-14-30-23(25-20)26-12-6-10-16(15-7-2-1-3-8-15)18(22(26)29)13-21(27)28/h1-11,14,16,18H,12-13H2,(H,27,28)/t16-,18+/m0/s1. The zero-order chi connectivity index (χ0) is 21.1. The first kappa shape index (κ1) is 20.3. The molecule has 1 aliphatic rings. The zero-order valence-corrected chi connectivity index (χ0v) is 17.5. The molecule has 0 spiro atoms. The molecule has 2 aromatic carbocycles. The van der Waals surface area contributed by atoms with Crippen molar-refractivity contribution in [2.75, 3.05) is 11.4 Å². The lowest BCUT2D eigenvalue weighted by Crippen LogP contribution is -2.38. The third kappa shape index (κ3) is 4.15. The Bertz CT molecular complexity index is 1100. The van der Waals surface area contributed by atoms with Crippen molar-refractivity contribution in [2.45, 2.75) is 12.3 Å². The average molecular weight is 439 g/mol. The van der Waals surface area contributed by atoms with Crippen molar-refractivity contribution in [1.82, 2.24) is 4.98 Å². The number of carboxylic acid groups (broad SMARTS) is 1. The van der Waals surface area contributed by atoms with E-state index in [1.54, 1.807) is 11.0 Å². The van der Waals surface area contributed by atoms with Crippen molar-refractivity contribution in [2.24, 2.45) is 5.92 Å². The van der Waals surface area contributed by atoms with Crippen LogP contribution in [0.15, 0.2) is 72.1 Å². The number of aromatic nitrogens is 1. The van der Waals surface area contributed by atoms with Gasteiger partial charge in [0.05, 0.1) is 18.0 Å².